The summed E-state index contributed by atoms with van der Waals surface area (Å²) < 4.78 is 4.69. The van der Waals surface area contributed by atoms with Crippen LogP contribution in [0, 0.1) is 23.9 Å². The van der Waals surface area contributed by atoms with Crippen LogP contribution >= 0.6 is 11.6 Å². The first-order chi connectivity index (χ1) is 11.2. The number of hydrogen-bond donors (Lipinski definition) is 0. The van der Waals surface area contributed by atoms with Gasteiger partial charge in [-0.15, -0.1) is 6.58 Å². The highest BCUT2D eigenvalue weighted by molar-refractivity contribution is 6.31. The molecule has 0 saturated carbocycles. The van der Waals surface area contributed by atoms with Crippen molar-refractivity contribution in [2.45, 2.75) is 6.42 Å². The van der Waals surface area contributed by atoms with E-state index in [1.807, 2.05) is 30.3 Å². The van der Waals surface area contributed by atoms with E-state index in [0.717, 1.165) is 10.9 Å². The van der Waals surface area contributed by atoms with E-state index in [-0.39, 0.29) is 0 Å². The molecule has 0 amide bonds. The van der Waals surface area contributed by atoms with Crippen LogP contribution in [0.1, 0.15) is 12.0 Å². The molecule has 0 saturated heterocycles. The average Bonchev–Trinajstić information content (AvgIpc) is 2.56. The number of para-hydroxylation sites is 1. The number of esters is 1. The maximum absolute atomic E-state index is 11.5. The molecule has 0 bridgehead atoms. The van der Waals surface area contributed by atoms with E-state index < -0.39 is 5.97 Å². The lowest BCUT2D eigenvalue weighted by Crippen LogP contribution is -1.94. The number of hydrogen-bond acceptors (Lipinski definition) is 3. The third kappa shape index (κ3) is 5.04. The fourth-order valence-corrected chi connectivity index (χ4v) is 1.89. The lowest BCUT2D eigenvalue weighted by atomic mass is 10.1. The second-order valence-corrected chi connectivity index (χ2v) is 4.70. The Labute approximate surface area is 139 Å². The first-order valence-corrected chi connectivity index (χ1v) is 7.11. The summed E-state index contributed by atoms with van der Waals surface area (Å²) in [5.74, 6) is 7.05. The number of rotatable bonds is 3. The summed E-state index contributed by atoms with van der Waals surface area (Å²) in [6, 6.07) is 9.42. The smallest absolute Gasteiger partial charge is 0.344 e. The fourth-order valence-electron chi connectivity index (χ4n) is 1.69. The highest BCUT2D eigenvalue weighted by atomic mass is 35.5. The number of halogens is 1. The number of ether oxygens (including phenoxy) is 1. The number of carbonyl (C=O) groups is 1. The first-order valence-electron chi connectivity index (χ1n) is 6.73. The van der Waals surface area contributed by atoms with E-state index in [2.05, 4.69) is 35.4 Å². The van der Waals surface area contributed by atoms with Crippen molar-refractivity contribution < 1.29 is 9.53 Å². The molecular formula is C19H12ClNO2. The lowest BCUT2D eigenvalue weighted by Gasteiger charge is -2.01. The minimum atomic E-state index is -0.604. The van der Waals surface area contributed by atoms with Crippen LogP contribution in [0.15, 0.2) is 49.1 Å². The maximum atomic E-state index is 11.5. The van der Waals surface area contributed by atoms with Gasteiger partial charge in [0.05, 0.1) is 5.52 Å². The summed E-state index contributed by atoms with van der Waals surface area (Å²) in [7, 11) is 0. The second kappa shape index (κ2) is 8.44. The van der Waals surface area contributed by atoms with E-state index in [0.29, 0.717) is 17.1 Å². The van der Waals surface area contributed by atoms with Crippen molar-refractivity contribution in [1.29, 1.82) is 0 Å². The van der Waals surface area contributed by atoms with Crippen LogP contribution in [-0.2, 0) is 9.53 Å². The van der Waals surface area contributed by atoms with Crippen molar-refractivity contribution in [2.75, 3.05) is 0 Å². The zero-order valence-electron chi connectivity index (χ0n) is 12.2. The van der Waals surface area contributed by atoms with Gasteiger partial charge in [-0.05, 0) is 24.1 Å². The number of pyridine rings is 1. The van der Waals surface area contributed by atoms with Crippen molar-refractivity contribution in [1.82, 2.24) is 4.98 Å². The first kappa shape index (κ1) is 16.4. The molecule has 2 aromatic rings. The van der Waals surface area contributed by atoms with Crippen LogP contribution in [0.4, 0.5) is 0 Å². The second-order valence-electron chi connectivity index (χ2n) is 4.34. The average molecular weight is 322 g/mol. The molecule has 0 N–H and O–H groups in total. The van der Waals surface area contributed by atoms with Crippen molar-refractivity contribution in [3.63, 3.8) is 0 Å². The highest BCUT2D eigenvalue weighted by Crippen LogP contribution is 2.21. The van der Waals surface area contributed by atoms with Crippen LogP contribution < -0.4 is 0 Å². The topological polar surface area (TPSA) is 39.2 Å². The quantitative estimate of drug-likeness (QED) is 0.282. The molecule has 3 nitrogen and oxygen atoms in total. The summed E-state index contributed by atoms with van der Waals surface area (Å²) >= 11 is 6.09. The summed E-state index contributed by atoms with van der Waals surface area (Å²) in [6.45, 7) is 3.52. The number of fused-ring (bicyclic) bond motifs is 1. The molecule has 0 aliphatic heterocycles. The molecule has 1 aromatic carbocycles. The summed E-state index contributed by atoms with van der Waals surface area (Å²) in [5, 5.41) is 1.25. The van der Waals surface area contributed by atoms with E-state index >= 15 is 0 Å². The summed E-state index contributed by atoms with van der Waals surface area (Å²) in [6.07, 6.45) is 7.19. The third-order valence-corrected chi connectivity index (χ3v) is 3.01. The van der Waals surface area contributed by atoms with Gasteiger partial charge in [0.25, 0.3) is 0 Å². The molecule has 112 valence electrons. The van der Waals surface area contributed by atoms with Gasteiger partial charge in [0, 0.05) is 29.4 Å². The molecule has 2 rings (SSSR count). The Hall–Kier alpha value is -3.01. The zero-order chi connectivity index (χ0) is 16.5. The lowest BCUT2D eigenvalue weighted by molar-refractivity contribution is -0.131. The van der Waals surface area contributed by atoms with Gasteiger partial charge in [-0.2, -0.15) is 0 Å². The van der Waals surface area contributed by atoms with Crippen molar-refractivity contribution >= 4 is 34.5 Å². The molecule has 0 fully saturated rings. The monoisotopic (exact) mass is 321 g/mol. The van der Waals surface area contributed by atoms with Crippen LogP contribution in [0.2, 0.25) is 5.15 Å². The maximum Gasteiger partial charge on any atom is 0.344 e. The molecule has 4 heteroatoms. The summed E-state index contributed by atoms with van der Waals surface area (Å²) in [4.78, 5) is 15.8. The third-order valence-electron chi connectivity index (χ3n) is 2.70. The minimum Gasteiger partial charge on any atom is -0.368 e. The number of benzene rings is 1. The van der Waals surface area contributed by atoms with Crippen molar-refractivity contribution in [2.24, 2.45) is 0 Å². The van der Waals surface area contributed by atoms with Gasteiger partial charge in [0.1, 0.15) is 11.3 Å². The molecule has 1 heterocycles. The standard InChI is InChI=1S/C19H12ClNO2/c1-2-3-4-5-8-13-23-18(22)12-11-16-14-15-9-6-7-10-17(15)21-19(16)20/h2,6-7,9-12,14H,1,3H2/b12-11-. The molecular weight excluding hydrogens is 310 g/mol. The Morgan fingerprint density at radius 3 is 3.00 bits per heavy atom. The molecule has 0 aliphatic rings. The van der Waals surface area contributed by atoms with E-state index in [1.54, 1.807) is 6.08 Å². The van der Waals surface area contributed by atoms with Crippen molar-refractivity contribution in [3.8, 4) is 23.9 Å². The highest BCUT2D eigenvalue weighted by Gasteiger charge is 2.03. The molecule has 0 unspecified atom stereocenters. The van der Waals surface area contributed by atoms with E-state index in [9.17, 15) is 4.79 Å². The molecule has 1 aromatic heterocycles. The Balaban J connectivity index is 2.05. The van der Waals surface area contributed by atoms with Gasteiger partial charge in [-0.1, -0.05) is 41.8 Å². The molecule has 0 spiro atoms. The van der Waals surface area contributed by atoms with Gasteiger partial charge < -0.3 is 4.74 Å². The number of nitrogens with zero attached hydrogens (tertiary/aromatic N) is 1. The van der Waals surface area contributed by atoms with Crippen molar-refractivity contribution in [3.05, 3.63) is 59.8 Å². The predicted molar refractivity (Wildman–Crippen MR) is 92.2 cm³/mol. The SMILES string of the molecule is C=CCC#CC#COC(=O)/C=C\c1cc2ccccc2nc1Cl. The molecule has 23 heavy (non-hydrogen) atoms. The van der Waals surface area contributed by atoms with E-state index in [4.69, 9.17) is 16.3 Å². The largest absolute Gasteiger partial charge is 0.368 e. The Morgan fingerprint density at radius 1 is 1.35 bits per heavy atom. The Bertz CT molecular complexity index is 892. The number of allylic oxidation sites excluding steroid dienone is 1. The Morgan fingerprint density at radius 2 is 2.17 bits per heavy atom. The number of carbonyl (C=O) groups excluding carboxylic acids is 1. The van der Waals surface area contributed by atoms with Crippen LogP contribution in [-0.4, -0.2) is 11.0 Å². The zero-order valence-corrected chi connectivity index (χ0v) is 12.9. The fraction of sp³-hybridized carbons (Fsp3) is 0.0526. The molecule has 0 radical (unpaired) electrons. The van der Waals surface area contributed by atoms with Gasteiger partial charge >= 0.3 is 5.97 Å². The van der Waals surface area contributed by atoms with Gasteiger partial charge in [-0.25, -0.2) is 9.78 Å². The van der Waals surface area contributed by atoms with E-state index in [1.165, 1.54) is 12.2 Å². The van der Waals surface area contributed by atoms with Crippen LogP contribution in [0.25, 0.3) is 17.0 Å². The predicted octanol–water partition coefficient (Wildman–Crippen LogP) is 3.99. The summed E-state index contributed by atoms with van der Waals surface area (Å²) in [5.41, 5.74) is 1.42. The minimum absolute atomic E-state index is 0.314. The Kier molecular flexibility index (Phi) is 6.00. The normalized spacial score (nSPS) is 9.61. The number of aromatic nitrogens is 1. The van der Waals surface area contributed by atoms with Gasteiger partial charge in [-0.3, -0.25) is 0 Å². The molecule has 0 atom stereocenters. The van der Waals surface area contributed by atoms with Crippen LogP contribution in [0.5, 0.6) is 0 Å². The molecule has 0 aliphatic carbocycles. The van der Waals surface area contributed by atoms with Gasteiger partial charge in [0.15, 0.2) is 0 Å². The van der Waals surface area contributed by atoms with Crippen LogP contribution in [0.3, 0.4) is 0 Å². The van der Waals surface area contributed by atoms with Gasteiger partial charge in [0.2, 0.25) is 0 Å².